The van der Waals surface area contributed by atoms with Gasteiger partial charge in [-0.3, -0.25) is 9.59 Å². The molecule has 0 aromatic heterocycles. The van der Waals surface area contributed by atoms with Crippen LogP contribution in [0.2, 0.25) is 0 Å². The second-order valence-electron chi connectivity index (χ2n) is 7.02. The van der Waals surface area contributed by atoms with E-state index in [0.717, 1.165) is 11.6 Å². The van der Waals surface area contributed by atoms with Gasteiger partial charge in [-0.05, 0) is 24.6 Å². The molecule has 32 heavy (non-hydrogen) atoms. The normalized spacial score (nSPS) is 12.5. The Labute approximate surface area is 206 Å². The molecule has 0 atom stereocenters. The van der Waals surface area contributed by atoms with Gasteiger partial charge in [-0.1, -0.05) is 36.4 Å². The van der Waals surface area contributed by atoms with Gasteiger partial charge < -0.3 is 20.3 Å². The molecule has 1 aliphatic rings. The third-order valence-electron chi connectivity index (χ3n) is 5.15. The summed E-state index contributed by atoms with van der Waals surface area (Å²) in [5.41, 5.74) is 6.40. The zero-order valence-corrected chi connectivity index (χ0v) is 20.4. The molecular weight excluding hydrogens is 443 g/mol. The van der Waals surface area contributed by atoms with Gasteiger partial charge in [0.25, 0.3) is 0 Å². The number of carbonyl (C=O) groups is 2. The van der Waals surface area contributed by atoms with Crippen molar-refractivity contribution in [3.8, 4) is 5.75 Å². The quantitative estimate of drug-likeness (QED) is 0.247. The van der Waals surface area contributed by atoms with Crippen LogP contribution in [0.1, 0.15) is 37.4 Å². The average Bonchev–Trinajstić information content (AvgIpc) is 2.72. The first-order valence-electron chi connectivity index (χ1n) is 9.16. The minimum atomic E-state index is -5.03. The predicted molar refractivity (Wildman–Crippen MR) is 113 cm³/mol. The van der Waals surface area contributed by atoms with Crippen molar-refractivity contribution in [1.82, 2.24) is 0 Å². The summed E-state index contributed by atoms with van der Waals surface area (Å²) >= 11 is 0. The first kappa shape index (κ1) is 24.0. The van der Waals surface area contributed by atoms with E-state index in [1.807, 2.05) is 0 Å². The van der Waals surface area contributed by atoms with Crippen LogP contribution in [0.3, 0.4) is 0 Å². The molecule has 0 aliphatic heterocycles. The van der Waals surface area contributed by atoms with Gasteiger partial charge in [0.05, 0.1) is 40.2 Å². The van der Waals surface area contributed by atoms with Crippen molar-refractivity contribution >= 4 is 38.7 Å². The number of methoxy groups -OCH3 is 1. The summed E-state index contributed by atoms with van der Waals surface area (Å²) in [7, 11) is -3.57. The minimum absolute atomic E-state index is 0. The summed E-state index contributed by atoms with van der Waals surface area (Å²) < 4.78 is 41.0. The van der Waals surface area contributed by atoms with Crippen LogP contribution in [0, 0.1) is 6.92 Å². The first-order chi connectivity index (χ1) is 14.6. The number of rotatable bonds is 4. The zero-order valence-electron chi connectivity index (χ0n) is 17.6. The van der Waals surface area contributed by atoms with E-state index in [1.54, 1.807) is 37.3 Å². The molecule has 158 valence electrons. The number of ketones is 2. The van der Waals surface area contributed by atoms with Gasteiger partial charge >= 0.3 is 29.6 Å². The number of nitrogens with one attached hydrogen (secondary N) is 1. The molecule has 4 rings (SSSR count). The van der Waals surface area contributed by atoms with Crippen LogP contribution >= 0.6 is 0 Å². The summed E-state index contributed by atoms with van der Waals surface area (Å²) in [6, 6.07) is 12.3. The molecule has 0 spiro atoms. The fraction of sp³-hybridized carbons (Fsp3) is 0.0909. The van der Waals surface area contributed by atoms with E-state index in [-0.39, 0.29) is 57.5 Å². The number of aryl methyl sites for hydroxylation is 1. The van der Waals surface area contributed by atoms with Crippen LogP contribution in [-0.4, -0.2) is 31.6 Å². The van der Waals surface area contributed by atoms with E-state index in [1.165, 1.54) is 19.2 Å². The molecule has 0 bridgehead atoms. The van der Waals surface area contributed by atoms with Gasteiger partial charge in [0.2, 0.25) is 0 Å². The topological polar surface area (TPSA) is 139 Å². The van der Waals surface area contributed by atoms with Gasteiger partial charge in [-0.2, -0.15) is 0 Å². The number of para-hydroxylation sites is 1. The molecule has 3 N–H and O–H groups in total. The van der Waals surface area contributed by atoms with Crippen molar-refractivity contribution in [2.24, 2.45) is 0 Å². The Bertz CT molecular complexity index is 1390. The molecular formula is C22H17N2NaO6S. The number of hydrogen-bond acceptors (Lipinski definition) is 8. The van der Waals surface area contributed by atoms with Crippen molar-refractivity contribution in [2.45, 2.75) is 11.8 Å². The van der Waals surface area contributed by atoms with Gasteiger partial charge in [0, 0.05) is 11.1 Å². The number of anilines is 3. The molecule has 1 aliphatic carbocycles. The molecule has 8 nitrogen and oxygen atoms in total. The Kier molecular flexibility index (Phi) is 6.50. The molecule has 0 fully saturated rings. The molecule has 0 saturated carbocycles. The van der Waals surface area contributed by atoms with E-state index in [2.05, 4.69) is 5.32 Å². The Morgan fingerprint density at radius 2 is 1.53 bits per heavy atom. The smallest absolute Gasteiger partial charge is 0.744 e. The fourth-order valence-corrected chi connectivity index (χ4v) is 4.40. The summed E-state index contributed by atoms with van der Waals surface area (Å²) in [4.78, 5) is 25.7. The van der Waals surface area contributed by atoms with Crippen LogP contribution in [0.25, 0.3) is 0 Å². The van der Waals surface area contributed by atoms with Crippen molar-refractivity contribution in [3.63, 3.8) is 0 Å². The molecule has 0 unspecified atom stereocenters. The average molecular weight is 460 g/mol. The Balaban J connectivity index is 0.00000289. The van der Waals surface area contributed by atoms with Crippen LogP contribution in [0.4, 0.5) is 17.1 Å². The molecule has 10 heteroatoms. The van der Waals surface area contributed by atoms with Crippen LogP contribution in [0.5, 0.6) is 5.75 Å². The van der Waals surface area contributed by atoms with Gasteiger partial charge in [-0.25, -0.2) is 8.42 Å². The Morgan fingerprint density at radius 1 is 0.938 bits per heavy atom. The minimum Gasteiger partial charge on any atom is -0.744 e. The second-order valence-corrected chi connectivity index (χ2v) is 8.37. The third kappa shape index (κ3) is 3.82. The van der Waals surface area contributed by atoms with Crippen molar-refractivity contribution in [3.05, 3.63) is 76.3 Å². The maximum Gasteiger partial charge on any atom is 1.00 e. The van der Waals surface area contributed by atoms with E-state index in [4.69, 9.17) is 10.5 Å². The predicted octanol–water partition coefficient (Wildman–Crippen LogP) is 0.0129. The molecule has 0 heterocycles. The zero-order chi connectivity index (χ0) is 22.5. The van der Waals surface area contributed by atoms with Gasteiger partial charge in [0.1, 0.15) is 15.9 Å². The maximum atomic E-state index is 13.3. The van der Waals surface area contributed by atoms with Gasteiger partial charge in [-0.15, -0.1) is 0 Å². The second kappa shape index (κ2) is 8.68. The summed E-state index contributed by atoms with van der Waals surface area (Å²) in [6.45, 7) is 1.81. The largest absolute Gasteiger partial charge is 1.00 e. The number of nitrogens with two attached hydrogens (primary N) is 1. The van der Waals surface area contributed by atoms with Gasteiger partial charge in [0.15, 0.2) is 11.6 Å². The number of carbonyl (C=O) groups excluding carboxylic acids is 2. The van der Waals surface area contributed by atoms with Crippen LogP contribution in [0.15, 0.2) is 53.4 Å². The number of fused-ring (bicyclic) bond motifs is 2. The van der Waals surface area contributed by atoms with E-state index in [9.17, 15) is 22.6 Å². The number of ether oxygens (including phenoxy) is 1. The van der Waals surface area contributed by atoms with Crippen molar-refractivity contribution in [1.29, 1.82) is 0 Å². The Morgan fingerprint density at radius 3 is 2.09 bits per heavy atom. The summed E-state index contributed by atoms with van der Waals surface area (Å²) in [5, 5.41) is 2.96. The number of benzene rings is 3. The number of nitrogen functional groups attached to an aromatic ring is 1. The SMILES string of the molecule is COc1c(C)cccc1Nc1cc(S(=O)(=O)[O-])c(N)c2c1C(=O)c1ccccc1C2=O.[Na+]. The molecule has 3 aromatic carbocycles. The summed E-state index contributed by atoms with van der Waals surface area (Å²) in [5.74, 6) is -0.692. The maximum absolute atomic E-state index is 13.3. The van der Waals surface area contributed by atoms with E-state index < -0.39 is 32.3 Å². The standard InChI is InChI=1S/C22H18N2O6S.Na/c1-11-6-5-9-14(22(11)30-2)24-15-10-16(31(27,28)29)19(23)18-17(15)20(25)12-7-3-4-8-13(12)21(18)26;/h3-10,24H,23H2,1-2H3,(H,27,28,29);/q;+1/p-1. The monoisotopic (exact) mass is 460 g/mol. The van der Waals surface area contributed by atoms with Crippen LogP contribution in [-0.2, 0) is 10.1 Å². The fourth-order valence-electron chi connectivity index (χ4n) is 3.77. The molecule has 0 radical (unpaired) electrons. The molecule has 0 amide bonds. The molecule has 3 aromatic rings. The van der Waals surface area contributed by atoms with E-state index >= 15 is 0 Å². The first-order valence-corrected chi connectivity index (χ1v) is 10.6. The van der Waals surface area contributed by atoms with E-state index in [0.29, 0.717) is 11.4 Å². The van der Waals surface area contributed by atoms with Crippen molar-refractivity contribution < 1.29 is 56.9 Å². The van der Waals surface area contributed by atoms with Crippen molar-refractivity contribution in [2.75, 3.05) is 18.2 Å². The molecule has 0 saturated heterocycles. The number of hydrogen-bond donors (Lipinski definition) is 2. The third-order valence-corrected chi connectivity index (χ3v) is 6.03. The van der Waals surface area contributed by atoms with Crippen LogP contribution < -0.4 is 45.3 Å². The summed E-state index contributed by atoms with van der Waals surface area (Å²) in [6.07, 6.45) is 0. The Hall–Kier alpha value is -2.69.